The van der Waals surface area contributed by atoms with Crippen LogP contribution in [0.15, 0.2) is 24.5 Å². The summed E-state index contributed by atoms with van der Waals surface area (Å²) >= 11 is 0. The van der Waals surface area contributed by atoms with Gasteiger partial charge in [0.1, 0.15) is 0 Å². The highest BCUT2D eigenvalue weighted by Gasteiger charge is 2.32. The first-order chi connectivity index (χ1) is 9.22. The summed E-state index contributed by atoms with van der Waals surface area (Å²) < 4.78 is 5.70. The lowest BCUT2D eigenvalue weighted by Gasteiger charge is -2.33. The van der Waals surface area contributed by atoms with Crippen molar-refractivity contribution in [2.45, 2.75) is 38.8 Å². The molecule has 1 fully saturated rings. The first-order valence-corrected chi connectivity index (χ1v) is 6.98. The van der Waals surface area contributed by atoms with E-state index in [0.29, 0.717) is 6.54 Å². The van der Waals surface area contributed by atoms with Gasteiger partial charge in [0.05, 0.1) is 12.0 Å². The van der Waals surface area contributed by atoms with Gasteiger partial charge >= 0.3 is 0 Å². The predicted octanol–water partition coefficient (Wildman–Crippen LogP) is 2.25. The first-order valence-electron chi connectivity index (χ1n) is 6.98. The summed E-state index contributed by atoms with van der Waals surface area (Å²) in [6.07, 6.45) is 6.42. The number of amides is 1. The minimum Gasteiger partial charge on any atom is -0.377 e. The summed E-state index contributed by atoms with van der Waals surface area (Å²) in [7, 11) is 1.87. The lowest BCUT2D eigenvalue weighted by atomic mass is 9.91. The number of carbonyl (C=O) groups is 1. The van der Waals surface area contributed by atoms with Gasteiger partial charge < -0.3 is 9.64 Å². The molecule has 0 spiro atoms. The van der Waals surface area contributed by atoms with Gasteiger partial charge in [0.25, 0.3) is 0 Å². The number of ether oxygens (including phenoxy) is 1. The Labute approximate surface area is 114 Å². The Hall–Kier alpha value is -1.42. The Kier molecular flexibility index (Phi) is 4.91. The molecule has 1 saturated heterocycles. The maximum Gasteiger partial charge on any atom is 0.228 e. The number of pyridine rings is 1. The molecule has 2 heterocycles. The third kappa shape index (κ3) is 3.53. The zero-order chi connectivity index (χ0) is 13.7. The number of hydrogen-bond donors (Lipinski definition) is 0. The molecule has 4 heteroatoms. The third-order valence-corrected chi connectivity index (χ3v) is 3.71. The van der Waals surface area contributed by atoms with Crippen molar-refractivity contribution in [1.29, 1.82) is 0 Å². The third-order valence-electron chi connectivity index (χ3n) is 3.71. The van der Waals surface area contributed by atoms with Crippen LogP contribution >= 0.6 is 0 Å². The topological polar surface area (TPSA) is 42.4 Å². The van der Waals surface area contributed by atoms with Gasteiger partial charge in [-0.25, -0.2) is 0 Å². The van der Waals surface area contributed by atoms with Crippen LogP contribution in [-0.2, 0) is 16.1 Å². The molecule has 19 heavy (non-hydrogen) atoms. The highest BCUT2D eigenvalue weighted by Crippen LogP contribution is 2.25. The average Bonchev–Trinajstić information content (AvgIpc) is 2.47. The summed E-state index contributed by atoms with van der Waals surface area (Å²) in [6, 6.07) is 3.89. The van der Waals surface area contributed by atoms with Crippen LogP contribution in [0.25, 0.3) is 0 Å². The quantitative estimate of drug-likeness (QED) is 0.835. The van der Waals surface area contributed by atoms with E-state index in [-0.39, 0.29) is 17.9 Å². The SMILES string of the molecule is CC[C@H]1OCCC[C@@H]1C(=O)N(C)Cc1ccncc1. The highest BCUT2D eigenvalue weighted by molar-refractivity contribution is 5.79. The molecule has 0 aromatic carbocycles. The molecule has 2 atom stereocenters. The van der Waals surface area contributed by atoms with E-state index in [4.69, 9.17) is 4.74 Å². The molecule has 2 rings (SSSR count). The monoisotopic (exact) mass is 262 g/mol. The molecule has 0 aliphatic carbocycles. The van der Waals surface area contributed by atoms with E-state index in [2.05, 4.69) is 11.9 Å². The van der Waals surface area contributed by atoms with Crippen molar-refractivity contribution in [2.24, 2.45) is 5.92 Å². The van der Waals surface area contributed by atoms with Crippen LogP contribution < -0.4 is 0 Å². The van der Waals surface area contributed by atoms with Crippen molar-refractivity contribution in [3.8, 4) is 0 Å². The number of rotatable bonds is 4. The molecule has 0 N–H and O–H groups in total. The van der Waals surface area contributed by atoms with Crippen LogP contribution in [0.1, 0.15) is 31.7 Å². The molecule has 0 unspecified atom stereocenters. The zero-order valence-corrected chi connectivity index (χ0v) is 11.7. The Morgan fingerprint density at radius 3 is 2.89 bits per heavy atom. The number of hydrogen-bond acceptors (Lipinski definition) is 3. The van der Waals surface area contributed by atoms with Gasteiger partial charge in [0.2, 0.25) is 5.91 Å². The van der Waals surface area contributed by atoms with E-state index < -0.39 is 0 Å². The molecule has 1 aromatic rings. The van der Waals surface area contributed by atoms with E-state index in [1.807, 2.05) is 19.2 Å². The average molecular weight is 262 g/mol. The Balaban J connectivity index is 1.98. The molecule has 1 aromatic heterocycles. The second-order valence-electron chi connectivity index (χ2n) is 5.12. The maximum absolute atomic E-state index is 12.5. The fraction of sp³-hybridized carbons (Fsp3) is 0.600. The van der Waals surface area contributed by atoms with Gasteiger partial charge in [-0.05, 0) is 37.0 Å². The van der Waals surface area contributed by atoms with Crippen molar-refractivity contribution in [3.63, 3.8) is 0 Å². The largest absolute Gasteiger partial charge is 0.377 e. The van der Waals surface area contributed by atoms with Crippen LogP contribution in [0.4, 0.5) is 0 Å². The summed E-state index contributed by atoms with van der Waals surface area (Å²) in [5, 5.41) is 0. The minimum absolute atomic E-state index is 0.0191. The van der Waals surface area contributed by atoms with E-state index in [9.17, 15) is 4.79 Å². The van der Waals surface area contributed by atoms with E-state index in [1.165, 1.54) is 0 Å². The van der Waals surface area contributed by atoms with Gasteiger partial charge in [0.15, 0.2) is 0 Å². The Morgan fingerprint density at radius 2 is 2.21 bits per heavy atom. The second kappa shape index (κ2) is 6.66. The molecular formula is C15H22N2O2. The summed E-state index contributed by atoms with van der Waals surface area (Å²) in [6.45, 7) is 3.50. The van der Waals surface area contributed by atoms with Gasteiger partial charge in [-0.1, -0.05) is 6.92 Å². The van der Waals surface area contributed by atoms with E-state index in [0.717, 1.165) is 31.4 Å². The Bertz CT molecular complexity index is 408. The van der Waals surface area contributed by atoms with Gasteiger partial charge in [0, 0.05) is 32.6 Å². The Morgan fingerprint density at radius 1 is 1.47 bits per heavy atom. The van der Waals surface area contributed by atoms with Crippen molar-refractivity contribution in [1.82, 2.24) is 9.88 Å². The van der Waals surface area contributed by atoms with Crippen LogP contribution in [0.5, 0.6) is 0 Å². The minimum atomic E-state index is 0.0191. The van der Waals surface area contributed by atoms with Gasteiger partial charge in [-0.2, -0.15) is 0 Å². The lowest BCUT2D eigenvalue weighted by Crippen LogP contribution is -2.41. The molecule has 0 radical (unpaired) electrons. The standard InChI is InChI=1S/C15H22N2O2/c1-3-14-13(5-4-10-19-14)15(18)17(2)11-12-6-8-16-9-7-12/h6-9,13-14H,3-5,10-11H2,1-2H3/t13-,14+/m0/s1. The number of nitrogens with zero attached hydrogens (tertiary/aromatic N) is 2. The number of carbonyl (C=O) groups excluding carboxylic acids is 1. The van der Waals surface area contributed by atoms with Crippen molar-refractivity contribution in [2.75, 3.05) is 13.7 Å². The molecule has 1 amide bonds. The molecule has 1 aliphatic heterocycles. The summed E-state index contributed by atoms with van der Waals surface area (Å²) in [4.78, 5) is 18.3. The molecule has 0 bridgehead atoms. The fourth-order valence-corrected chi connectivity index (χ4v) is 2.65. The lowest BCUT2D eigenvalue weighted by molar-refractivity contribution is -0.144. The maximum atomic E-state index is 12.5. The molecule has 104 valence electrons. The zero-order valence-electron chi connectivity index (χ0n) is 11.7. The summed E-state index contributed by atoms with van der Waals surface area (Å²) in [5.41, 5.74) is 1.11. The van der Waals surface area contributed by atoms with E-state index in [1.54, 1.807) is 17.3 Å². The smallest absolute Gasteiger partial charge is 0.228 e. The number of aromatic nitrogens is 1. The van der Waals surface area contributed by atoms with Crippen LogP contribution in [0.2, 0.25) is 0 Å². The van der Waals surface area contributed by atoms with Crippen LogP contribution in [-0.4, -0.2) is 35.5 Å². The van der Waals surface area contributed by atoms with Gasteiger partial charge in [-0.15, -0.1) is 0 Å². The van der Waals surface area contributed by atoms with Crippen molar-refractivity contribution in [3.05, 3.63) is 30.1 Å². The molecule has 0 saturated carbocycles. The normalized spacial score (nSPS) is 23.1. The molecule has 4 nitrogen and oxygen atoms in total. The summed E-state index contributed by atoms with van der Waals surface area (Å²) in [5.74, 6) is 0.217. The van der Waals surface area contributed by atoms with Crippen LogP contribution in [0.3, 0.4) is 0 Å². The first kappa shape index (κ1) is 14.0. The van der Waals surface area contributed by atoms with Crippen molar-refractivity contribution < 1.29 is 9.53 Å². The van der Waals surface area contributed by atoms with Crippen LogP contribution in [0, 0.1) is 5.92 Å². The predicted molar refractivity (Wildman–Crippen MR) is 73.5 cm³/mol. The van der Waals surface area contributed by atoms with Gasteiger partial charge in [-0.3, -0.25) is 9.78 Å². The second-order valence-corrected chi connectivity index (χ2v) is 5.12. The molecular weight excluding hydrogens is 240 g/mol. The van der Waals surface area contributed by atoms with E-state index >= 15 is 0 Å². The highest BCUT2D eigenvalue weighted by atomic mass is 16.5. The van der Waals surface area contributed by atoms with Crippen molar-refractivity contribution >= 4 is 5.91 Å². The fourth-order valence-electron chi connectivity index (χ4n) is 2.65. The molecule has 1 aliphatic rings.